The Balaban J connectivity index is 1.33. The van der Waals surface area contributed by atoms with Gasteiger partial charge in [0.15, 0.2) is 17.0 Å². The Kier molecular flexibility index (Phi) is 13.2. The molecule has 43 heavy (non-hydrogen) atoms. The number of hydrogen-bond acceptors (Lipinski definition) is 10. The molecule has 2 amide bonds. The van der Waals surface area contributed by atoms with Crippen LogP contribution in [0.4, 0.5) is 11.8 Å². The molecule has 1 fully saturated rings. The van der Waals surface area contributed by atoms with Crippen molar-refractivity contribution in [3.05, 3.63) is 41.7 Å². The van der Waals surface area contributed by atoms with Gasteiger partial charge in [0.25, 0.3) is 5.91 Å². The molecule has 14 heteroatoms. The average Bonchev–Trinajstić information content (AvgIpc) is 3.71. The maximum atomic E-state index is 12.5. The fourth-order valence-corrected chi connectivity index (χ4v) is 4.93. The van der Waals surface area contributed by atoms with E-state index >= 15 is 0 Å². The van der Waals surface area contributed by atoms with Crippen LogP contribution in [0.2, 0.25) is 0 Å². The molecule has 2 heterocycles. The smallest absolute Gasteiger partial charge is 0.251 e. The van der Waals surface area contributed by atoms with Crippen molar-refractivity contribution in [1.29, 1.82) is 0 Å². The predicted octanol–water partition coefficient (Wildman–Crippen LogP) is 2.43. The van der Waals surface area contributed by atoms with Gasteiger partial charge in [-0.05, 0) is 37.0 Å². The van der Waals surface area contributed by atoms with Gasteiger partial charge in [-0.3, -0.25) is 9.59 Å². The number of aromatic nitrogens is 4. The zero-order valence-corrected chi connectivity index (χ0v) is 25.2. The second kappa shape index (κ2) is 17.6. The lowest BCUT2D eigenvalue weighted by Crippen LogP contribution is -2.27. The van der Waals surface area contributed by atoms with E-state index in [2.05, 4.69) is 30.8 Å². The molecule has 0 atom stereocenters. The standard InChI is InChI=1S/C29H42ClN9O4/c30-18-24(40)32-11-3-12-34-29-37-26(25-27(38-29)39(20-36-25)23-4-1-2-5-23)35-19-21-6-8-22(9-7-21)28(41)33-13-15-43-17-16-42-14-10-31/h6-9,20,23H,1-5,10-19,31H2,(H,32,40)(H,33,41)(H2,34,35,37,38). The molecule has 2 aromatic heterocycles. The normalized spacial score (nSPS) is 13.3. The number of halogens is 1. The molecule has 4 rings (SSSR count). The Morgan fingerprint density at radius 1 is 0.953 bits per heavy atom. The number of ether oxygens (including phenoxy) is 2. The Labute approximate surface area is 256 Å². The largest absolute Gasteiger partial charge is 0.378 e. The summed E-state index contributed by atoms with van der Waals surface area (Å²) in [5.41, 5.74) is 8.44. The van der Waals surface area contributed by atoms with E-state index in [9.17, 15) is 9.59 Å². The topological polar surface area (TPSA) is 170 Å². The monoisotopic (exact) mass is 615 g/mol. The Morgan fingerprint density at radius 2 is 1.72 bits per heavy atom. The number of fused-ring (bicyclic) bond motifs is 1. The van der Waals surface area contributed by atoms with Crippen molar-refractivity contribution in [2.75, 3.05) is 69.1 Å². The third-order valence-electron chi connectivity index (χ3n) is 7.06. The summed E-state index contributed by atoms with van der Waals surface area (Å²) in [6.45, 7) is 4.36. The second-order valence-corrected chi connectivity index (χ2v) is 10.5. The Morgan fingerprint density at radius 3 is 2.47 bits per heavy atom. The van der Waals surface area contributed by atoms with Gasteiger partial charge < -0.3 is 41.0 Å². The molecule has 13 nitrogen and oxygen atoms in total. The molecule has 0 saturated heterocycles. The minimum atomic E-state index is -0.189. The fraction of sp³-hybridized carbons (Fsp3) is 0.552. The number of nitrogens with zero attached hydrogens (tertiary/aromatic N) is 4. The molecule has 0 spiro atoms. The fourth-order valence-electron chi connectivity index (χ4n) is 4.84. The summed E-state index contributed by atoms with van der Waals surface area (Å²) >= 11 is 5.54. The van der Waals surface area contributed by atoms with Crippen molar-refractivity contribution in [3.63, 3.8) is 0 Å². The molecule has 1 aromatic carbocycles. The van der Waals surface area contributed by atoms with E-state index in [4.69, 9.17) is 36.8 Å². The first kappa shape index (κ1) is 32.4. The molecule has 3 aromatic rings. The van der Waals surface area contributed by atoms with Crippen LogP contribution in [0.25, 0.3) is 11.2 Å². The van der Waals surface area contributed by atoms with Gasteiger partial charge in [-0.1, -0.05) is 25.0 Å². The third-order valence-corrected chi connectivity index (χ3v) is 7.30. The Hall–Kier alpha value is -3.52. The SMILES string of the molecule is NCCOCCOCCNC(=O)c1ccc(CNc2nc(NCCCNC(=O)CCl)nc3c2ncn3C2CCCC2)cc1. The second-order valence-electron chi connectivity index (χ2n) is 10.2. The number of alkyl halides is 1. The van der Waals surface area contributed by atoms with Gasteiger partial charge in [0, 0.05) is 44.3 Å². The molecule has 0 bridgehead atoms. The van der Waals surface area contributed by atoms with E-state index in [0.717, 1.165) is 29.6 Å². The number of imidazole rings is 1. The summed E-state index contributed by atoms with van der Waals surface area (Å²) in [6.07, 6.45) is 7.18. The number of hydrogen-bond donors (Lipinski definition) is 5. The van der Waals surface area contributed by atoms with Crippen LogP contribution in [0, 0.1) is 0 Å². The quantitative estimate of drug-likeness (QED) is 0.0996. The zero-order chi connectivity index (χ0) is 30.3. The summed E-state index contributed by atoms with van der Waals surface area (Å²) in [4.78, 5) is 38.0. The van der Waals surface area contributed by atoms with Gasteiger partial charge in [0.05, 0.1) is 32.8 Å². The van der Waals surface area contributed by atoms with Gasteiger partial charge in [-0.25, -0.2) is 4.98 Å². The first-order chi connectivity index (χ1) is 21.1. The van der Waals surface area contributed by atoms with E-state index in [-0.39, 0.29) is 17.7 Å². The molecular formula is C29H42ClN9O4. The number of nitrogens with two attached hydrogens (primary N) is 1. The maximum absolute atomic E-state index is 12.5. The lowest BCUT2D eigenvalue weighted by Gasteiger charge is -2.14. The first-order valence-corrected chi connectivity index (χ1v) is 15.4. The number of carbonyl (C=O) groups is 2. The molecular weight excluding hydrogens is 574 g/mol. The average molecular weight is 616 g/mol. The van der Waals surface area contributed by atoms with Crippen LogP contribution < -0.4 is 27.0 Å². The number of nitrogens with one attached hydrogen (secondary N) is 4. The van der Waals surface area contributed by atoms with Gasteiger partial charge in [-0.15, -0.1) is 11.6 Å². The highest BCUT2D eigenvalue weighted by Crippen LogP contribution is 2.33. The van der Waals surface area contributed by atoms with E-state index in [1.54, 1.807) is 12.1 Å². The van der Waals surface area contributed by atoms with Crippen molar-refractivity contribution < 1.29 is 19.1 Å². The Bertz CT molecular complexity index is 1300. The summed E-state index contributed by atoms with van der Waals surface area (Å²) in [5, 5.41) is 12.3. The van der Waals surface area contributed by atoms with Crippen molar-refractivity contribution >= 4 is 46.3 Å². The maximum Gasteiger partial charge on any atom is 0.251 e. The minimum absolute atomic E-state index is 0.0498. The molecule has 0 unspecified atom stereocenters. The number of carbonyl (C=O) groups excluding carboxylic acids is 2. The van der Waals surface area contributed by atoms with Gasteiger partial charge in [-0.2, -0.15) is 9.97 Å². The molecule has 6 N–H and O–H groups in total. The minimum Gasteiger partial charge on any atom is -0.378 e. The summed E-state index contributed by atoms with van der Waals surface area (Å²) < 4.78 is 12.9. The number of benzene rings is 1. The molecule has 1 aliphatic carbocycles. The van der Waals surface area contributed by atoms with Crippen molar-refractivity contribution in [2.24, 2.45) is 5.73 Å². The van der Waals surface area contributed by atoms with Crippen LogP contribution in [0.5, 0.6) is 0 Å². The van der Waals surface area contributed by atoms with Crippen LogP contribution in [0.15, 0.2) is 30.6 Å². The number of rotatable bonds is 19. The van der Waals surface area contributed by atoms with Gasteiger partial charge >= 0.3 is 0 Å². The van der Waals surface area contributed by atoms with Crippen molar-refractivity contribution in [2.45, 2.75) is 44.7 Å². The van der Waals surface area contributed by atoms with Crippen molar-refractivity contribution in [3.8, 4) is 0 Å². The van der Waals surface area contributed by atoms with Gasteiger partial charge in [0.1, 0.15) is 5.88 Å². The van der Waals surface area contributed by atoms with Crippen molar-refractivity contribution in [1.82, 2.24) is 30.2 Å². The zero-order valence-electron chi connectivity index (χ0n) is 24.4. The lowest BCUT2D eigenvalue weighted by atomic mass is 10.1. The number of anilines is 2. The first-order valence-electron chi connectivity index (χ1n) is 14.9. The molecule has 1 saturated carbocycles. The predicted molar refractivity (Wildman–Crippen MR) is 166 cm³/mol. The van der Waals surface area contributed by atoms with Crippen LogP contribution in [-0.2, 0) is 20.8 Å². The summed E-state index contributed by atoms with van der Waals surface area (Å²) in [7, 11) is 0. The summed E-state index contributed by atoms with van der Waals surface area (Å²) in [6, 6.07) is 7.81. The molecule has 1 aliphatic rings. The van der Waals surface area contributed by atoms with Crippen LogP contribution >= 0.6 is 11.6 Å². The highest BCUT2D eigenvalue weighted by molar-refractivity contribution is 6.27. The van der Waals surface area contributed by atoms with Crippen LogP contribution in [0.3, 0.4) is 0 Å². The van der Waals surface area contributed by atoms with E-state index < -0.39 is 0 Å². The van der Waals surface area contributed by atoms with E-state index in [1.165, 1.54) is 12.8 Å². The molecule has 0 aliphatic heterocycles. The van der Waals surface area contributed by atoms with E-state index in [0.29, 0.717) is 88.9 Å². The highest BCUT2D eigenvalue weighted by atomic mass is 35.5. The van der Waals surface area contributed by atoms with E-state index in [1.807, 2.05) is 18.5 Å². The summed E-state index contributed by atoms with van der Waals surface area (Å²) in [5.74, 6) is 0.736. The number of amides is 2. The highest BCUT2D eigenvalue weighted by Gasteiger charge is 2.22. The van der Waals surface area contributed by atoms with Gasteiger partial charge in [0.2, 0.25) is 11.9 Å². The molecule has 234 valence electrons. The van der Waals surface area contributed by atoms with Crippen LogP contribution in [0.1, 0.15) is 54.1 Å². The lowest BCUT2D eigenvalue weighted by molar-refractivity contribution is -0.118. The molecule has 0 radical (unpaired) electrons. The van der Waals surface area contributed by atoms with Crippen LogP contribution in [-0.4, -0.2) is 89.8 Å². The third kappa shape index (κ3) is 10.0.